The van der Waals surface area contributed by atoms with Crippen LogP contribution in [0.25, 0.3) is 17.0 Å². The van der Waals surface area contributed by atoms with Gasteiger partial charge in [0.05, 0.1) is 6.20 Å². The van der Waals surface area contributed by atoms with Gasteiger partial charge in [0.2, 0.25) is 0 Å². The predicted molar refractivity (Wildman–Crippen MR) is 68.3 cm³/mol. The van der Waals surface area contributed by atoms with Crippen molar-refractivity contribution in [2.75, 3.05) is 5.73 Å². The highest BCUT2D eigenvalue weighted by Gasteiger charge is 2.10. The average molecular weight is 290 g/mol. The Balaban J connectivity index is 2.31. The Morgan fingerprint density at radius 3 is 3.00 bits per heavy atom. The van der Waals surface area contributed by atoms with Crippen molar-refractivity contribution in [2.24, 2.45) is 0 Å². The third-order valence-corrected chi connectivity index (χ3v) is 2.96. The van der Waals surface area contributed by atoms with Crippen molar-refractivity contribution in [1.29, 1.82) is 0 Å². The van der Waals surface area contributed by atoms with E-state index in [1.807, 2.05) is 28.8 Å². The first-order valence-corrected chi connectivity index (χ1v) is 5.75. The molecule has 0 atom stereocenters. The first kappa shape index (κ1) is 10.2. The summed E-state index contributed by atoms with van der Waals surface area (Å²) in [5.41, 5.74) is 8.16. The lowest BCUT2D eigenvalue weighted by Gasteiger charge is -2.04. The molecule has 2 heterocycles. The van der Waals surface area contributed by atoms with E-state index in [2.05, 4.69) is 31.1 Å². The molecule has 0 aliphatic rings. The Morgan fingerprint density at radius 1 is 1.24 bits per heavy atom. The molecule has 5 nitrogen and oxygen atoms in total. The number of anilines is 1. The van der Waals surface area contributed by atoms with Gasteiger partial charge in [-0.1, -0.05) is 15.9 Å². The van der Waals surface area contributed by atoms with Crippen LogP contribution < -0.4 is 5.73 Å². The Bertz CT molecular complexity index is 691. The molecule has 0 saturated heterocycles. The second kappa shape index (κ2) is 3.81. The molecule has 0 saturated carbocycles. The number of aromatic nitrogens is 4. The molecule has 0 bridgehead atoms. The second-order valence-corrected chi connectivity index (χ2v) is 4.48. The molecule has 0 aliphatic heterocycles. The van der Waals surface area contributed by atoms with Crippen LogP contribution in [-0.4, -0.2) is 19.6 Å². The van der Waals surface area contributed by atoms with E-state index in [1.165, 1.54) is 0 Å². The van der Waals surface area contributed by atoms with Crippen LogP contribution in [0, 0.1) is 0 Å². The van der Waals surface area contributed by atoms with E-state index in [1.54, 1.807) is 12.4 Å². The fourth-order valence-corrected chi connectivity index (χ4v) is 2.02. The quantitative estimate of drug-likeness (QED) is 0.697. The van der Waals surface area contributed by atoms with E-state index in [4.69, 9.17) is 5.73 Å². The largest absolute Gasteiger partial charge is 0.398 e. The fourth-order valence-electron chi connectivity index (χ4n) is 1.66. The maximum Gasteiger partial charge on any atom is 0.179 e. The van der Waals surface area contributed by atoms with Gasteiger partial charge in [0, 0.05) is 28.1 Å². The summed E-state index contributed by atoms with van der Waals surface area (Å²) >= 11 is 3.42. The molecular formula is C11H8BrN5. The van der Waals surface area contributed by atoms with Crippen LogP contribution in [0.15, 0.2) is 41.3 Å². The molecular weight excluding hydrogens is 282 g/mol. The van der Waals surface area contributed by atoms with Crippen LogP contribution in [-0.2, 0) is 0 Å². The summed E-state index contributed by atoms with van der Waals surface area (Å²) in [6, 6.07) is 5.65. The van der Waals surface area contributed by atoms with Crippen LogP contribution in [0.5, 0.6) is 0 Å². The normalized spacial score (nSPS) is 10.9. The zero-order valence-corrected chi connectivity index (χ0v) is 10.3. The third kappa shape index (κ3) is 1.66. The molecule has 0 fully saturated rings. The van der Waals surface area contributed by atoms with Crippen molar-refractivity contribution < 1.29 is 0 Å². The molecule has 84 valence electrons. The molecule has 2 aromatic heterocycles. The lowest BCUT2D eigenvalue weighted by molar-refractivity contribution is 1.11. The molecule has 0 spiro atoms. The Morgan fingerprint density at radius 2 is 2.12 bits per heavy atom. The second-order valence-electron chi connectivity index (χ2n) is 3.56. The molecule has 3 aromatic rings. The molecule has 0 unspecified atom stereocenters. The Hall–Kier alpha value is -1.95. The molecule has 0 aliphatic carbocycles. The molecule has 3 rings (SSSR count). The van der Waals surface area contributed by atoms with Crippen LogP contribution >= 0.6 is 15.9 Å². The van der Waals surface area contributed by atoms with Crippen molar-refractivity contribution in [2.45, 2.75) is 0 Å². The standard InChI is InChI=1S/C11H8BrN5/c12-7-1-2-9(13)8(5-7)11-16-15-10-6-14-3-4-17(10)11/h1-6H,13H2. The van der Waals surface area contributed by atoms with Crippen molar-refractivity contribution in [3.05, 3.63) is 41.3 Å². The molecule has 0 amide bonds. The highest BCUT2D eigenvalue weighted by molar-refractivity contribution is 9.10. The zero-order valence-electron chi connectivity index (χ0n) is 8.71. The molecule has 6 heteroatoms. The highest BCUT2D eigenvalue weighted by atomic mass is 79.9. The van der Waals surface area contributed by atoms with Crippen molar-refractivity contribution >= 4 is 27.3 Å². The first-order chi connectivity index (χ1) is 8.25. The van der Waals surface area contributed by atoms with Crippen molar-refractivity contribution in [3.8, 4) is 11.4 Å². The molecule has 1 aromatic carbocycles. The number of hydrogen-bond acceptors (Lipinski definition) is 4. The fraction of sp³-hybridized carbons (Fsp3) is 0. The highest BCUT2D eigenvalue weighted by Crippen LogP contribution is 2.27. The van der Waals surface area contributed by atoms with E-state index in [0.717, 1.165) is 10.0 Å². The minimum atomic E-state index is 0.666. The van der Waals surface area contributed by atoms with Crippen LogP contribution in [0.4, 0.5) is 5.69 Å². The number of hydrogen-bond donors (Lipinski definition) is 1. The predicted octanol–water partition coefficient (Wildman–Crippen LogP) is 2.14. The van der Waals surface area contributed by atoms with Crippen molar-refractivity contribution in [3.63, 3.8) is 0 Å². The number of nitrogen functional groups attached to an aromatic ring is 1. The van der Waals surface area contributed by atoms with Gasteiger partial charge in [-0.3, -0.25) is 9.38 Å². The maximum atomic E-state index is 5.95. The van der Waals surface area contributed by atoms with Gasteiger partial charge < -0.3 is 5.73 Å². The minimum absolute atomic E-state index is 0.666. The van der Waals surface area contributed by atoms with Gasteiger partial charge >= 0.3 is 0 Å². The van der Waals surface area contributed by atoms with E-state index in [-0.39, 0.29) is 0 Å². The number of halogens is 1. The molecule has 2 N–H and O–H groups in total. The first-order valence-electron chi connectivity index (χ1n) is 4.96. The molecule has 0 radical (unpaired) electrons. The summed E-state index contributed by atoms with van der Waals surface area (Å²) in [6.07, 6.45) is 5.16. The lowest BCUT2D eigenvalue weighted by atomic mass is 10.2. The monoisotopic (exact) mass is 289 g/mol. The lowest BCUT2D eigenvalue weighted by Crippen LogP contribution is -1.94. The van der Waals surface area contributed by atoms with Crippen LogP contribution in [0.2, 0.25) is 0 Å². The third-order valence-electron chi connectivity index (χ3n) is 2.47. The van der Waals surface area contributed by atoms with Gasteiger partial charge in [-0.05, 0) is 18.2 Å². The minimum Gasteiger partial charge on any atom is -0.398 e. The van der Waals surface area contributed by atoms with Gasteiger partial charge in [0.1, 0.15) is 0 Å². The van der Waals surface area contributed by atoms with Gasteiger partial charge in [0.15, 0.2) is 11.5 Å². The van der Waals surface area contributed by atoms with Gasteiger partial charge in [-0.25, -0.2) is 0 Å². The summed E-state index contributed by atoms with van der Waals surface area (Å²) in [6.45, 7) is 0. The summed E-state index contributed by atoms with van der Waals surface area (Å²) in [4.78, 5) is 4.00. The SMILES string of the molecule is Nc1ccc(Br)cc1-c1nnc2cnccn12. The summed E-state index contributed by atoms with van der Waals surface area (Å²) < 4.78 is 2.80. The number of nitrogens with two attached hydrogens (primary N) is 1. The van der Waals surface area contributed by atoms with Crippen LogP contribution in [0.1, 0.15) is 0 Å². The summed E-state index contributed by atoms with van der Waals surface area (Å²) in [5, 5.41) is 8.19. The average Bonchev–Trinajstić information content (AvgIpc) is 2.76. The number of benzene rings is 1. The van der Waals surface area contributed by atoms with Gasteiger partial charge in [0.25, 0.3) is 0 Å². The van der Waals surface area contributed by atoms with Crippen molar-refractivity contribution in [1.82, 2.24) is 19.6 Å². The summed E-state index contributed by atoms with van der Waals surface area (Å²) in [5.74, 6) is 0.709. The van der Waals surface area contributed by atoms with E-state index < -0.39 is 0 Å². The number of nitrogens with zero attached hydrogens (tertiary/aromatic N) is 4. The number of rotatable bonds is 1. The Labute approximate surface area is 105 Å². The van der Waals surface area contributed by atoms with E-state index >= 15 is 0 Å². The zero-order chi connectivity index (χ0) is 11.8. The maximum absolute atomic E-state index is 5.95. The van der Waals surface area contributed by atoms with Crippen LogP contribution in [0.3, 0.4) is 0 Å². The van der Waals surface area contributed by atoms with Gasteiger partial charge in [-0.2, -0.15) is 0 Å². The van der Waals surface area contributed by atoms with Gasteiger partial charge in [-0.15, -0.1) is 10.2 Å². The molecule has 17 heavy (non-hydrogen) atoms. The number of fused-ring (bicyclic) bond motifs is 1. The summed E-state index contributed by atoms with van der Waals surface area (Å²) in [7, 11) is 0. The Kier molecular flexibility index (Phi) is 2.29. The topological polar surface area (TPSA) is 69.1 Å². The van der Waals surface area contributed by atoms with E-state index in [0.29, 0.717) is 17.2 Å². The van der Waals surface area contributed by atoms with E-state index in [9.17, 15) is 0 Å². The smallest absolute Gasteiger partial charge is 0.179 e.